The molecule has 0 spiro atoms. The molecule has 2 amide bonds. The average molecular weight is 429 g/mol. The Bertz CT molecular complexity index is 1020. The monoisotopic (exact) mass is 429 g/mol. The summed E-state index contributed by atoms with van der Waals surface area (Å²) in [6.07, 6.45) is 2.12. The number of amides is 2. The highest BCUT2D eigenvalue weighted by atomic mass is 32.1. The molecule has 0 N–H and O–H groups in total. The van der Waals surface area contributed by atoms with Gasteiger partial charge in [-0.15, -0.1) is 0 Å². The van der Waals surface area contributed by atoms with Gasteiger partial charge in [0.2, 0.25) is 0 Å². The van der Waals surface area contributed by atoms with Crippen LogP contribution in [0.2, 0.25) is 0 Å². The van der Waals surface area contributed by atoms with Crippen LogP contribution in [0.3, 0.4) is 0 Å². The molecular weight excluding hydrogens is 410 g/mol. The molecule has 0 saturated carbocycles. The van der Waals surface area contributed by atoms with Crippen molar-refractivity contribution in [2.24, 2.45) is 0 Å². The lowest BCUT2D eigenvalue weighted by atomic mass is 9.67. The van der Waals surface area contributed by atoms with Crippen molar-refractivity contribution in [3.05, 3.63) is 120 Å². The average Bonchev–Trinajstić information content (AvgIpc) is 3.13. The summed E-state index contributed by atoms with van der Waals surface area (Å²) in [6.45, 7) is 0. The molecule has 1 aliphatic rings. The molecule has 1 heterocycles. The molecule has 154 valence electrons. The molecule has 1 atom stereocenters. The number of nitrogens with zero attached hydrogens (tertiary/aromatic N) is 1. The van der Waals surface area contributed by atoms with Crippen LogP contribution in [0.5, 0.6) is 0 Å². The molecule has 31 heavy (non-hydrogen) atoms. The Kier molecular flexibility index (Phi) is 5.73. The molecule has 1 unspecified atom stereocenters. The van der Waals surface area contributed by atoms with Gasteiger partial charge < -0.3 is 4.84 Å². The van der Waals surface area contributed by atoms with Crippen LogP contribution in [-0.2, 0) is 24.6 Å². The van der Waals surface area contributed by atoms with Crippen molar-refractivity contribution in [3.8, 4) is 0 Å². The molecule has 5 nitrogen and oxygen atoms in total. The maximum Gasteiger partial charge on any atom is 0.347 e. The SMILES string of the molecule is O=C(ON1C(=O)C=CC1=O)C(S)C(c1ccccc1)(c1ccccc1)c1ccccc1. The Labute approximate surface area is 185 Å². The molecule has 4 rings (SSSR count). The van der Waals surface area contributed by atoms with Crippen molar-refractivity contribution in [1.82, 2.24) is 5.06 Å². The fourth-order valence-electron chi connectivity index (χ4n) is 3.87. The Hall–Kier alpha value is -3.64. The van der Waals surface area contributed by atoms with Crippen molar-refractivity contribution in [2.45, 2.75) is 10.7 Å². The van der Waals surface area contributed by atoms with Gasteiger partial charge >= 0.3 is 5.97 Å². The van der Waals surface area contributed by atoms with Crippen LogP contribution >= 0.6 is 12.6 Å². The van der Waals surface area contributed by atoms with Crippen LogP contribution in [0, 0.1) is 0 Å². The van der Waals surface area contributed by atoms with Gasteiger partial charge in [0.1, 0.15) is 5.25 Å². The number of hydroxylamine groups is 2. The van der Waals surface area contributed by atoms with E-state index in [4.69, 9.17) is 17.5 Å². The first-order valence-electron chi connectivity index (χ1n) is 9.67. The van der Waals surface area contributed by atoms with E-state index in [0.29, 0.717) is 5.06 Å². The fraction of sp³-hybridized carbons (Fsp3) is 0.0800. The number of thiol groups is 1. The second-order valence-electron chi connectivity index (χ2n) is 7.02. The number of rotatable bonds is 6. The molecular formula is C25H19NO4S. The minimum Gasteiger partial charge on any atom is -0.328 e. The molecule has 0 bridgehead atoms. The van der Waals surface area contributed by atoms with Crippen molar-refractivity contribution in [3.63, 3.8) is 0 Å². The first-order chi connectivity index (χ1) is 15.0. The van der Waals surface area contributed by atoms with E-state index in [2.05, 4.69) is 0 Å². The molecule has 1 aliphatic heterocycles. The second kappa shape index (κ2) is 8.62. The molecule has 6 heteroatoms. The summed E-state index contributed by atoms with van der Waals surface area (Å²) in [5.74, 6) is -2.22. The van der Waals surface area contributed by atoms with Gasteiger partial charge in [0.15, 0.2) is 0 Å². The van der Waals surface area contributed by atoms with Gasteiger partial charge in [-0.1, -0.05) is 96.1 Å². The predicted molar refractivity (Wildman–Crippen MR) is 119 cm³/mol. The zero-order valence-corrected chi connectivity index (χ0v) is 17.3. The number of benzene rings is 3. The molecule has 0 aliphatic carbocycles. The maximum absolute atomic E-state index is 13.3. The van der Waals surface area contributed by atoms with Gasteiger partial charge in [0, 0.05) is 12.2 Å². The largest absolute Gasteiger partial charge is 0.347 e. The van der Waals surface area contributed by atoms with Crippen LogP contribution in [-0.4, -0.2) is 28.1 Å². The van der Waals surface area contributed by atoms with Gasteiger partial charge in [0.05, 0.1) is 5.41 Å². The Morgan fingerprint density at radius 1 is 0.710 bits per heavy atom. The van der Waals surface area contributed by atoms with Gasteiger partial charge in [-0.25, -0.2) is 4.79 Å². The summed E-state index contributed by atoms with van der Waals surface area (Å²) in [5, 5.41) is -0.613. The fourth-order valence-corrected chi connectivity index (χ4v) is 4.36. The standard InChI is InChI=1S/C25H19NO4S/c27-21-16-17-22(28)26(21)30-24(29)23(31)25(18-10-4-1-5-11-18,19-12-6-2-7-13-19)20-14-8-3-9-15-20/h1-17,23,31H. The highest BCUT2D eigenvalue weighted by molar-refractivity contribution is 7.81. The smallest absolute Gasteiger partial charge is 0.328 e. The van der Waals surface area contributed by atoms with E-state index in [1.54, 1.807) is 0 Å². The minimum absolute atomic E-state index is 0.456. The van der Waals surface area contributed by atoms with E-state index in [1.165, 1.54) is 0 Å². The van der Waals surface area contributed by atoms with Crippen LogP contribution < -0.4 is 0 Å². The number of hydrogen-bond acceptors (Lipinski definition) is 5. The van der Waals surface area contributed by atoms with Crippen molar-refractivity contribution in [1.29, 1.82) is 0 Å². The van der Waals surface area contributed by atoms with Gasteiger partial charge in [0.25, 0.3) is 11.8 Å². The predicted octanol–water partition coefficient (Wildman–Crippen LogP) is 3.70. The highest BCUT2D eigenvalue weighted by Gasteiger charge is 2.47. The lowest BCUT2D eigenvalue weighted by Crippen LogP contribution is -2.46. The summed E-state index contributed by atoms with van der Waals surface area (Å²) in [5.41, 5.74) is 1.42. The minimum atomic E-state index is -1.07. The maximum atomic E-state index is 13.3. The zero-order chi connectivity index (χ0) is 21.8. The summed E-state index contributed by atoms with van der Waals surface area (Å²) in [6, 6.07) is 28.5. The van der Waals surface area contributed by atoms with Gasteiger partial charge in [-0.05, 0) is 16.7 Å². The van der Waals surface area contributed by atoms with E-state index in [1.807, 2.05) is 91.0 Å². The van der Waals surface area contributed by atoms with Crippen molar-refractivity contribution >= 4 is 30.4 Å². The summed E-state index contributed by atoms with van der Waals surface area (Å²) in [7, 11) is 0. The van der Waals surface area contributed by atoms with E-state index >= 15 is 0 Å². The van der Waals surface area contributed by atoms with Crippen molar-refractivity contribution in [2.75, 3.05) is 0 Å². The third-order valence-electron chi connectivity index (χ3n) is 5.27. The highest BCUT2D eigenvalue weighted by Crippen LogP contribution is 2.44. The lowest BCUT2D eigenvalue weighted by molar-refractivity contribution is -0.196. The van der Waals surface area contributed by atoms with E-state index < -0.39 is 28.4 Å². The Balaban J connectivity index is 1.88. The third kappa shape index (κ3) is 3.66. The summed E-state index contributed by atoms with van der Waals surface area (Å²) < 4.78 is 0. The van der Waals surface area contributed by atoms with E-state index in [9.17, 15) is 14.4 Å². The molecule has 3 aromatic carbocycles. The van der Waals surface area contributed by atoms with Crippen LogP contribution in [0.15, 0.2) is 103 Å². The third-order valence-corrected chi connectivity index (χ3v) is 5.87. The normalized spacial score (nSPS) is 14.5. The van der Waals surface area contributed by atoms with E-state index in [0.717, 1.165) is 28.8 Å². The molecule has 3 aromatic rings. The Morgan fingerprint density at radius 3 is 1.42 bits per heavy atom. The number of imide groups is 1. The molecule has 0 saturated heterocycles. The van der Waals surface area contributed by atoms with Crippen LogP contribution in [0.1, 0.15) is 16.7 Å². The summed E-state index contributed by atoms with van der Waals surface area (Å²) >= 11 is 4.73. The molecule has 0 fully saturated rings. The summed E-state index contributed by atoms with van der Waals surface area (Å²) in [4.78, 5) is 42.3. The van der Waals surface area contributed by atoms with Gasteiger partial charge in [-0.2, -0.15) is 12.6 Å². The molecule has 0 aromatic heterocycles. The van der Waals surface area contributed by atoms with E-state index in [-0.39, 0.29) is 0 Å². The zero-order valence-electron chi connectivity index (χ0n) is 16.4. The second-order valence-corrected chi connectivity index (χ2v) is 7.54. The number of carbonyl (C=O) groups excluding carboxylic acids is 3. The lowest BCUT2D eigenvalue weighted by Gasteiger charge is -2.39. The van der Waals surface area contributed by atoms with Crippen LogP contribution in [0.4, 0.5) is 0 Å². The van der Waals surface area contributed by atoms with Gasteiger partial charge in [-0.3, -0.25) is 9.59 Å². The molecule has 0 radical (unpaired) electrons. The number of hydrogen-bond donors (Lipinski definition) is 1. The first-order valence-corrected chi connectivity index (χ1v) is 10.2. The Morgan fingerprint density at radius 2 is 1.06 bits per heavy atom. The number of carbonyl (C=O) groups is 3. The first kappa shape index (κ1) is 20.6. The topological polar surface area (TPSA) is 63.7 Å². The van der Waals surface area contributed by atoms with Crippen LogP contribution in [0.25, 0.3) is 0 Å². The van der Waals surface area contributed by atoms with Crippen molar-refractivity contribution < 1.29 is 19.2 Å². The quantitative estimate of drug-likeness (QED) is 0.369.